The van der Waals surface area contributed by atoms with Crippen LogP contribution in [0.2, 0.25) is 0 Å². The third kappa shape index (κ3) is 4.49. The van der Waals surface area contributed by atoms with Crippen molar-refractivity contribution in [2.45, 2.75) is 26.7 Å². The van der Waals surface area contributed by atoms with Crippen LogP contribution in [0.15, 0.2) is 6.20 Å². The maximum atomic E-state index is 11.8. The topological polar surface area (TPSA) is 92.6 Å². The van der Waals surface area contributed by atoms with Crippen molar-refractivity contribution in [3.63, 3.8) is 0 Å². The summed E-state index contributed by atoms with van der Waals surface area (Å²) in [4.78, 5) is 32.3. The van der Waals surface area contributed by atoms with E-state index in [0.29, 0.717) is 24.6 Å². The first-order valence-corrected chi connectivity index (χ1v) is 6.39. The van der Waals surface area contributed by atoms with E-state index < -0.39 is 11.9 Å². The summed E-state index contributed by atoms with van der Waals surface area (Å²) in [6, 6.07) is 0. The first-order chi connectivity index (χ1) is 9.45. The predicted molar refractivity (Wildman–Crippen MR) is 72.9 cm³/mol. The first kappa shape index (κ1) is 15.9. The van der Waals surface area contributed by atoms with Crippen molar-refractivity contribution in [1.29, 1.82) is 0 Å². The number of rotatable bonds is 7. The monoisotopic (exact) mass is 281 g/mol. The Bertz CT molecular complexity index is 491. The third-order valence-electron chi connectivity index (χ3n) is 2.63. The minimum Gasteiger partial charge on any atom is -0.481 e. The molecule has 0 aliphatic carbocycles. The molecular formula is C13H19N3O4. The summed E-state index contributed by atoms with van der Waals surface area (Å²) in [7, 11) is 1.76. The number of ether oxygens (including phenoxy) is 1. The largest absolute Gasteiger partial charge is 0.481 e. The highest BCUT2D eigenvalue weighted by Gasteiger charge is 2.18. The molecule has 0 saturated heterocycles. The Hall–Kier alpha value is -2.18. The number of anilines is 1. The van der Waals surface area contributed by atoms with Crippen LogP contribution in [0, 0.1) is 6.92 Å². The highest BCUT2D eigenvalue weighted by molar-refractivity contribution is 5.94. The van der Waals surface area contributed by atoms with E-state index >= 15 is 0 Å². The zero-order chi connectivity index (χ0) is 15.1. The number of aryl methyl sites for hydroxylation is 1. The van der Waals surface area contributed by atoms with Gasteiger partial charge >= 0.3 is 11.9 Å². The summed E-state index contributed by atoms with van der Waals surface area (Å²) in [6.07, 6.45) is 1.98. The lowest BCUT2D eigenvalue weighted by Crippen LogP contribution is -2.24. The molecule has 0 unspecified atom stereocenters. The predicted octanol–water partition coefficient (Wildman–Crippen LogP) is 1.26. The van der Waals surface area contributed by atoms with E-state index in [2.05, 4.69) is 9.97 Å². The lowest BCUT2D eigenvalue weighted by atomic mass is 10.2. The second-order valence-corrected chi connectivity index (χ2v) is 4.29. The van der Waals surface area contributed by atoms with Crippen LogP contribution < -0.4 is 4.90 Å². The minimum absolute atomic E-state index is 0.0726. The highest BCUT2D eigenvalue weighted by atomic mass is 16.5. The number of aliphatic carboxylic acids is 1. The molecule has 1 rings (SSSR count). The molecule has 110 valence electrons. The molecule has 0 amide bonds. The summed E-state index contributed by atoms with van der Waals surface area (Å²) in [5, 5.41) is 8.64. The van der Waals surface area contributed by atoms with Gasteiger partial charge in [0, 0.05) is 26.2 Å². The molecular weight excluding hydrogens is 262 g/mol. The molecule has 7 heteroatoms. The molecule has 0 spiro atoms. The molecule has 0 fully saturated rings. The zero-order valence-electron chi connectivity index (χ0n) is 11.9. The summed E-state index contributed by atoms with van der Waals surface area (Å²) in [5.41, 5.74) is 0.287. The molecule has 7 nitrogen and oxygen atoms in total. The van der Waals surface area contributed by atoms with Crippen LogP contribution in [-0.4, -0.2) is 47.2 Å². The van der Waals surface area contributed by atoms with E-state index in [1.54, 1.807) is 25.8 Å². The Morgan fingerprint density at radius 1 is 1.45 bits per heavy atom. The fraction of sp³-hybridized carbons (Fsp3) is 0.538. The van der Waals surface area contributed by atoms with E-state index in [0.717, 1.165) is 0 Å². The van der Waals surface area contributed by atoms with E-state index in [1.807, 2.05) is 0 Å². The number of hydrogen-bond donors (Lipinski definition) is 1. The second-order valence-electron chi connectivity index (χ2n) is 4.29. The fourth-order valence-corrected chi connectivity index (χ4v) is 1.68. The van der Waals surface area contributed by atoms with Crippen molar-refractivity contribution in [2.24, 2.45) is 0 Å². The van der Waals surface area contributed by atoms with Crippen molar-refractivity contribution in [1.82, 2.24) is 9.97 Å². The fourth-order valence-electron chi connectivity index (χ4n) is 1.68. The summed E-state index contributed by atoms with van der Waals surface area (Å²) < 4.78 is 4.96. The molecule has 1 heterocycles. The molecule has 0 bridgehead atoms. The van der Waals surface area contributed by atoms with Crippen molar-refractivity contribution in [3.05, 3.63) is 17.6 Å². The molecule has 0 saturated carbocycles. The lowest BCUT2D eigenvalue weighted by Gasteiger charge is -2.20. The number of nitrogens with zero attached hydrogens (tertiary/aromatic N) is 3. The summed E-state index contributed by atoms with van der Waals surface area (Å²) in [5.74, 6) is -0.324. The van der Waals surface area contributed by atoms with Gasteiger partial charge in [-0.15, -0.1) is 0 Å². The van der Waals surface area contributed by atoms with Gasteiger partial charge < -0.3 is 14.7 Å². The number of aromatic nitrogens is 2. The number of carbonyl (C=O) groups is 2. The van der Waals surface area contributed by atoms with Crippen LogP contribution in [0.4, 0.5) is 5.82 Å². The lowest BCUT2D eigenvalue weighted by molar-refractivity contribution is -0.137. The number of carboxylic acid groups (broad SMARTS) is 1. The van der Waals surface area contributed by atoms with Gasteiger partial charge in [-0.25, -0.2) is 14.8 Å². The van der Waals surface area contributed by atoms with Gasteiger partial charge in [0.05, 0.1) is 6.61 Å². The van der Waals surface area contributed by atoms with Gasteiger partial charge in [-0.2, -0.15) is 0 Å². The average Bonchev–Trinajstić information content (AvgIpc) is 2.38. The molecule has 0 aliphatic rings. The third-order valence-corrected chi connectivity index (χ3v) is 2.63. The van der Waals surface area contributed by atoms with Crippen LogP contribution in [0.3, 0.4) is 0 Å². The van der Waals surface area contributed by atoms with Crippen LogP contribution in [0.25, 0.3) is 0 Å². The van der Waals surface area contributed by atoms with Gasteiger partial charge in [-0.3, -0.25) is 4.79 Å². The normalized spacial score (nSPS) is 10.2. The Balaban J connectivity index is 2.87. The number of hydrogen-bond acceptors (Lipinski definition) is 6. The number of carbonyl (C=O) groups excluding carboxylic acids is 1. The Morgan fingerprint density at radius 2 is 2.15 bits per heavy atom. The van der Waals surface area contributed by atoms with E-state index in [-0.39, 0.29) is 18.6 Å². The maximum absolute atomic E-state index is 11.8. The van der Waals surface area contributed by atoms with Gasteiger partial charge in [0.2, 0.25) is 0 Å². The van der Waals surface area contributed by atoms with Crippen LogP contribution in [0.5, 0.6) is 0 Å². The van der Waals surface area contributed by atoms with Crippen LogP contribution in [0.1, 0.15) is 35.9 Å². The van der Waals surface area contributed by atoms with Gasteiger partial charge in [0.1, 0.15) is 17.2 Å². The van der Waals surface area contributed by atoms with Gasteiger partial charge in [-0.1, -0.05) is 0 Å². The molecule has 0 radical (unpaired) electrons. The van der Waals surface area contributed by atoms with E-state index in [1.165, 1.54) is 6.20 Å². The summed E-state index contributed by atoms with van der Waals surface area (Å²) in [6.45, 7) is 4.21. The second kappa shape index (κ2) is 7.42. The Kier molecular flexibility index (Phi) is 5.89. The smallest absolute Gasteiger partial charge is 0.343 e. The Morgan fingerprint density at radius 3 is 2.75 bits per heavy atom. The van der Waals surface area contributed by atoms with Gasteiger partial charge in [-0.05, 0) is 20.3 Å². The number of esters is 1. The van der Waals surface area contributed by atoms with E-state index in [9.17, 15) is 9.59 Å². The first-order valence-electron chi connectivity index (χ1n) is 6.39. The van der Waals surface area contributed by atoms with Crippen molar-refractivity contribution in [3.8, 4) is 0 Å². The number of carboxylic acids is 1. The molecule has 1 N–H and O–H groups in total. The standard InChI is InChI=1S/C13H19N3O4/c1-4-20-13(19)10-8-14-9(2)15-12(10)16(3)7-5-6-11(17)18/h8H,4-7H2,1-3H3,(H,17,18). The van der Waals surface area contributed by atoms with Crippen LogP contribution in [-0.2, 0) is 9.53 Å². The quantitative estimate of drug-likeness (QED) is 0.752. The maximum Gasteiger partial charge on any atom is 0.343 e. The Labute approximate surface area is 117 Å². The molecule has 1 aromatic heterocycles. The van der Waals surface area contributed by atoms with Crippen molar-refractivity contribution in [2.75, 3.05) is 25.1 Å². The SMILES string of the molecule is CCOC(=O)c1cnc(C)nc1N(C)CCCC(=O)O. The highest BCUT2D eigenvalue weighted by Crippen LogP contribution is 2.17. The molecule has 0 atom stereocenters. The van der Waals surface area contributed by atoms with Crippen molar-refractivity contribution >= 4 is 17.8 Å². The zero-order valence-corrected chi connectivity index (χ0v) is 11.9. The average molecular weight is 281 g/mol. The van der Waals surface area contributed by atoms with Gasteiger partial charge in [0.15, 0.2) is 0 Å². The molecule has 1 aromatic rings. The van der Waals surface area contributed by atoms with Crippen molar-refractivity contribution < 1.29 is 19.4 Å². The summed E-state index contributed by atoms with van der Waals surface area (Å²) >= 11 is 0. The van der Waals surface area contributed by atoms with Gasteiger partial charge in [0.25, 0.3) is 0 Å². The molecule has 0 aromatic carbocycles. The van der Waals surface area contributed by atoms with Crippen LogP contribution >= 0.6 is 0 Å². The van der Waals surface area contributed by atoms with E-state index in [4.69, 9.17) is 9.84 Å². The molecule has 0 aliphatic heterocycles. The minimum atomic E-state index is -0.845. The molecule has 20 heavy (non-hydrogen) atoms.